The largest absolute Gasteiger partial charge is 0.461 e. The normalized spacial score (nSPS) is 39.5. The third-order valence-corrected chi connectivity index (χ3v) is 13.4. The van der Waals surface area contributed by atoms with E-state index < -0.39 is 89.5 Å². The average molecular weight is 848 g/mol. The van der Waals surface area contributed by atoms with E-state index in [0.717, 1.165) is 25.1 Å². The van der Waals surface area contributed by atoms with E-state index in [1.165, 1.54) is 7.11 Å². The molecule has 1 aliphatic carbocycles. The second-order valence-electron chi connectivity index (χ2n) is 17.9. The minimum atomic E-state index is -1.85. The van der Waals surface area contributed by atoms with Gasteiger partial charge in [-0.1, -0.05) is 58.0 Å². The summed E-state index contributed by atoms with van der Waals surface area (Å²) in [5, 5.41) is 25.6. The van der Waals surface area contributed by atoms with E-state index in [-0.39, 0.29) is 50.0 Å². The number of nitrogens with zero attached hydrogens (tertiary/aromatic N) is 2. The van der Waals surface area contributed by atoms with Crippen molar-refractivity contribution in [1.29, 1.82) is 0 Å². The minimum absolute atomic E-state index is 0.0387. The lowest BCUT2D eigenvalue weighted by atomic mass is 9.75. The maximum atomic E-state index is 14.1. The summed E-state index contributed by atoms with van der Waals surface area (Å²) in [6.45, 7) is 14.8. The van der Waals surface area contributed by atoms with Gasteiger partial charge in [-0.3, -0.25) is 19.3 Å². The fraction of sp³-hybridized carbons (Fsp3) is 0.773. The van der Waals surface area contributed by atoms with Gasteiger partial charge in [0.25, 0.3) is 0 Å². The predicted molar refractivity (Wildman–Crippen MR) is 218 cm³/mol. The first-order valence-electron chi connectivity index (χ1n) is 21.5. The maximum absolute atomic E-state index is 14.1. The number of likely N-dealkylation sites (N-methyl/N-ethyl adjacent to an activating group) is 1. The molecule has 3 saturated heterocycles. The van der Waals surface area contributed by atoms with Crippen LogP contribution in [-0.4, -0.2) is 158 Å². The first-order valence-corrected chi connectivity index (χ1v) is 21.5. The van der Waals surface area contributed by atoms with Crippen LogP contribution in [0.15, 0.2) is 30.3 Å². The van der Waals surface area contributed by atoms with E-state index in [0.29, 0.717) is 13.2 Å². The number of carbonyl (C=O) groups is 4. The second kappa shape index (κ2) is 20.3. The van der Waals surface area contributed by atoms with Crippen LogP contribution < -0.4 is 5.32 Å². The van der Waals surface area contributed by atoms with Crippen LogP contribution in [0.2, 0.25) is 0 Å². The molecular weight excluding hydrogens is 778 g/mol. The first kappa shape index (κ1) is 47.8. The van der Waals surface area contributed by atoms with E-state index in [4.69, 9.17) is 33.2 Å². The molecule has 3 aliphatic heterocycles. The Bertz CT molecular complexity index is 1610. The number of hydrogen-bond acceptors (Lipinski definition) is 15. The molecule has 1 amide bonds. The SMILES string of the molecule is CO[C@@]1(C)C[C@@H](C)C(=O)[C@H](C)[C@@H](O)[C@@]2(O)C(C)[C@H]2OC(=O)[C@H](C)[C@@H](OC(=O)CCNC(=O)OCc2ccccc2)[C@H](C)[C@H]1O[C@@H]1O[C@H](C)C[C@@H](N2CCOCC2)[C@@H]1N(C)C. The molecule has 60 heavy (non-hydrogen) atoms. The number of aliphatic hydroxyl groups excluding tert-OH is 1. The molecule has 0 aromatic heterocycles. The highest BCUT2D eigenvalue weighted by Gasteiger charge is 2.70. The van der Waals surface area contributed by atoms with Crippen molar-refractivity contribution in [2.45, 2.75) is 134 Å². The fourth-order valence-electron chi connectivity index (χ4n) is 9.62. The van der Waals surface area contributed by atoms with E-state index in [1.807, 2.05) is 58.3 Å². The Morgan fingerprint density at radius 2 is 1.68 bits per heavy atom. The van der Waals surface area contributed by atoms with Gasteiger partial charge in [-0.15, -0.1) is 0 Å². The lowest BCUT2D eigenvalue weighted by Gasteiger charge is -2.52. The number of hydrogen-bond donors (Lipinski definition) is 3. The number of rotatable bonds is 11. The molecule has 0 radical (unpaired) electrons. The quantitative estimate of drug-likeness (QED) is 0.218. The van der Waals surface area contributed by atoms with Gasteiger partial charge in [0.2, 0.25) is 0 Å². The standard InChI is InChI=1S/C44H69N3O13/c1-25-23-43(7,54-10)38(60-41-34(46(8)9)32(22-26(2)57-41)47-18-20-55-21-19-47)28(4)36(58-33(48)16-17-45-42(52)56-24-31-14-12-11-13-15-31)29(5)40(51)59-39-30(6)44(39,53)37(50)27(3)35(25)49/h11-15,25-30,32,34,36-39,41,50,53H,16-24H2,1-10H3,(H,45,52)/t25-,26-,27+,28+,29-,30?,32-,34+,36+,37-,38-,39-,41+,43+,44+/m1/s1. The molecule has 16 heteroatoms. The number of methoxy groups -OCH3 is 1. The number of alkyl carbamates (subject to hydrolysis) is 1. The van der Waals surface area contributed by atoms with Crippen LogP contribution in [0, 0.1) is 29.6 Å². The van der Waals surface area contributed by atoms with Gasteiger partial charge in [0, 0.05) is 56.5 Å². The Balaban J connectivity index is 1.47. The van der Waals surface area contributed by atoms with Gasteiger partial charge in [0.15, 0.2) is 6.29 Å². The Morgan fingerprint density at radius 1 is 1.02 bits per heavy atom. The van der Waals surface area contributed by atoms with Crippen LogP contribution in [0.1, 0.15) is 73.3 Å². The maximum Gasteiger partial charge on any atom is 0.407 e. The van der Waals surface area contributed by atoms with Crippen molar-refractivity contribution in [1.82, 2.24) is 15.1 Å². The molecule has 16 nitrogen and oxygen atoms in total. The van der Waals surface area contributed by atoms with Crippen molar-refractivity contribution in [2.75, 3.05) is 54.1 Å². The monoisotopic (exact) mass is 847 g/mol. The lowest BCUT2D eigenvalue weighted by molar-refractivity contribution is -0.291. The third-order valence-electron chi connectivity index (χ3n) is 13.4. The van der Waals surface area contributed by atoms with Gasteiger partial charge in [0.1, 0.15) is 30.2 Å². The number of Topliss-reactive ketones (excluding diaryl/α,β-unsaturated/α-hetero) is 1. The number of nitrogens with one attached hydrogen (secondary N) is 1. The number of amides is 1. The molecule has 338 valence electrons. The van der Waals surface area contributed by atoms with Crippen LogP contribution in [0.4, 0.5) is 4.79 Å². The van der Waals surface area contributed by atoms with E-state index >= 15 is 0 Å². The number of morpholine rings is 1. The summed E-state index contributed by atoms with van der Waals surface area (Å²) in [6.07, 6.45) is -5.88. The number of fused-ring (bicyclic) bond motifs is 1. The lowest BCUT2D eigenvalue weighted by Crippen LogP contribution is -2.65. The average Bonchev–Trinajstić information content (AvgIpc) is 3.76. The molecule has 4 fully saturated rings. The summed E-state index contributed by atoms with van der Waals surface area (Å²) in [7, 11) is 5.47. The van der Waals surface area contributed by atoms with Gasteiger partial charge in [0.05, 0.1) is 55.5 Å². The van der Waals surface area contributed by atoms with Gasteiger partial charge >= 0.3 is 18.0 Å². The Labute approximate surface area is 354 Å². The summed E-state index contributed by atoms with van der Waals surface area (Å²) in [5.74, 6) is -6.04. The van der Waals surface area contributed by atoms with Crippen molar-refractivity contribution in [3.05, 3.63) is 35.9 Å². The van der Waals surface area contributed by atoms with Crippen LogP contribution in [-0.2, 0) is 54.1 Å². The van der Waals surface area contributed by atoms with Crippen molar-refractivity contribution in [3.63, 3.8) is 0 Å². The van der Waals surface area contributed by atoms with Crippen molar-refractivity contribution in [2.24, 2.45) is 29.6 Å². The molecule has 3 N–H and O–H groups in total. The highest BCUT2D eigenvalue weighted by molar-refractivity contribution is 5.84. The zero-order chi connectivity index (χ0) is 44.1. The highest BCUT2D eigenvalue weighted by atomic mass is 16.7. The molecule has 1 aromatic rings. The number of carbonyl (C=O) groups excluding carboxylic acids is 4. The van der Waals surface area contributed by atoms with Crippen molar-refractivity contribution >= 4 is 23.8 Å². The smallest absolute Gasteiger partial charge is 0.407 e. The Hall–Kier alpha value is -3.22. The number of ketones is 1. The second-order valence-corrected chi connectivity index (χ2v) is 17.9. The number of benzene rings is 1. The van der Waals surface area contributed by atoms with Gasteiger partial charge in [-0.25, -0.2) is 4.79 Å². The third kappa shape index (κ3) is 10.7. The van der Waals surface area contributed by atoms with Crippen molar-refractivity contribution in [3.8, 4) is 0 Å². The Kier molecular flexibility index (Phi) is 16.2. The summed E-state index contributed by atoms with van der Waals surface area (Å²) in [6, 6.07) is 8.95. The van der Waals surface area contributed by atoms with E-state index in [1.54, 1.807) is 34.6 Å². The first-order chi connectivity index (χ1) is 28.3. The van der Waals surface area contributed by atoms with E-state index in [2.05, 4.69) is 15.1 Å². The van der Waals surface area contributed by atoms with Crippen molar-refractivity contribution < 1.29 is 62.5 Å². The molecule has 1 saturated carbocycles. The number of esters is 2. The fourth-order valence-corrected chi connectivity index (χ4v) is 9.62. The molecule has 3 heterocycles. The summed E-state index contributed by atoms with van der Waals surface area (Å²) < 4.78 is 43.2. The van der Waals surface area contributed by atoms with Gasteiger partial charge in [-0.05, 0) is 53.3 Å². The van der Waals surface area contributed by atoms with Gasteiger partial charge in [-0.2, -0.15) is 0 Å². The molecule has 0 spiro atoms. The molecule has 0 bridgehead atoms. The minimum Gasteiger partial charge on any atom is -0.461 e. The molecule has 1 aromatic carbocycles. The van der Waals surface area contributed by atoms with E-state index in [9.17, 15) is 29.4 Å². The van der Waals surface area contributed by atoms with Crippen LogP contribution in [0.5, 0.6) is 0 Å². The van der Waals surface area contributed by atoms with Gasteiger partial charge < -0.3 is 53.6 Å². The molecule has 15 atom stereocenters. The molecule has 5 rings (SSSR count). The molecular formula is C44H69N3O13. The zero-order valence-electron chi connectivity index (χ0n) is 37.0. The predicted octanol–water partition coefficient (Wildman–Crippen LogP) is 2.94. The zero-order valence-corrected chi connectivity index (χ0v) is 37.0. The Morgan fingerprint density at radius 3 is 2.32 bits per heavy atom. The summed E-state index contributed by atoms with van der Waals surface area (Å²) in [5.41, 5.74) is -2.31. The summed E-state index contributed by atoms with van der Waals surface area (Å²) >= 11 is 0. The topological polar surface area (TPSA) is 192 Å². The van der Waals surface area contributed by atoms with Crippen LogP contribution in [0.25, 0.3) is 0 Å². The molecule has 1 unspecified atom stereocenters. The summed E-state index contributed by atoms with van der Waals surface area (Å²) in [4.78, 5) is 58.9. The van der Waals surface area contributed by atoms with Crippen LogP contribution in [0.3, 0.4) is 0 Å². The number of ether oxygens (including phenoxy) is 7. The van der Waals surface area contributed by atoms with Crippen LogP contribution >= 0.6 is 0 Å². The number of aliphatic hydroxyl groups is 2. The molecule has 4 aliphatic rings. The highest BCUT2D eigenvalue weighted by Crippen LogP contribution is 2.51.